The molecule has 0 heterocycles. The van der Waals surface area contributed by atoms with Crippen LogP contribution in [0.25, 0.3) is 0 Å². The molecule has 2 atom stereocenters. The lowest BCUT2D eigenvalue weighted by Crippen LogP contribution is -2.68. The number of carbonyl (C=O) groups is 3. The number of Topliss-reactive ketones (excluding diaryl/α,β-unsaturated/α-hetero) is 1. The lowest BCUT2D eigenvalue weighted by atomic mass is 9.89. The quantitative estimate of drug-likeness (QED) is 0.469. The van der Waals surface area contributed by atoms with Gasteiger partial charge in [-0.05, 0) is 12.5 Å². The van der Waals surface area contributed by atoms with Crippen molar-refractivity contribution in [3.63, 3.8) is 0 Å². The summed E-state index contributed by atoms with van der Waals surface area (Å²) in [6.07, 6.45) is 0. The number of rotatable bonds is 6. The minimum Gasteiger partial charge on any atom is -0.479 e. The number of hydrogen-bond donors (Lipinski definition) is 3. The fourth-order valence-electron chi connectivity index (χ4n) is 1.51. The summed E-state index contributed by atoms with van der Waals surface area (Å²) in [6.45, 7) is 0.899. The maximum absolute atomic E-state index is 11.9. The number of carboxylic acid groups (broad SMARTS) is 1. The van der Waals surface area contributed by atoms with Crippen molar-refractivity contribution < 1.29 is 24.2 Å². The van der Waals surface area contributed by atoms with Crippen LogP contribution in [0.5, 0.6) is 0 Å². The van der Waals surface area contributed by atoms with Crippen LogP contribution in [-0.2, 0) is 25.7 Å². The van der Waals surface area contributed by atoms with Gasteiger partial charge >= 0.3 is 11.9 Å². The van der Waals surface area contributed by atoms with Gasteiger partial charge in [0.1, 0.15) is 18.4 Å². The average molecular weight is 280 g/mol. The van der Waals surface area contributed by atoms with Crippen molar-refractivity contribution in [1.29, 1.82) is 0 Å². The molecule has 0 radical (unpaired) electrons. The molecule has 1 aromatic rings. The molecule has 20 heavy (non-hydrogen) atoms. The fourth-order valence-corrected chi connectivity index (χ4v) is 1.51. The van der Waals surface area contributed by atoms with Crippen molar-refractivity contribution >= 4 is 17.7 Å². The first-order chi connectivity index (χ1) is 9.30. The van der Waals surface area contributed by atoms with Gasteiger partial charge in [-0.1, -0.05) is 30.3 Å². The highest BCUT2D eigenvalue weighted by Gasteiger charge is 2.51. The van der Waals surface area contributed by atoms with Crippen molar-refractivity contribution in [2.24, 2.45) is 11.5 Å². The van der Waals surface area contributed by atoms with E-state index in [4.69, 9.17) is 21.3 Å². The Morgan fingerprint density at radius 3 is 2.30 bits per heavy atom. The summed E-state index contributed by atoms with van der Waals surface area (Å²) in [5.41, 5.74) is 8.94. The zero-order valence-electron chi connectivity index (χ0n) is 10.9. The second-order valence-electron chi connectivity index (χ2n) is 4.32. The van der Waals surface area contributed by atoms with Gasteiger partial charge in [0.2, 0.25) is 5.54 Å². The third-order valence-corrected chi connectivity index (χ3v) is 2.83. The number of carboxylic acids is 1. The van der Waals surface area contributed by atoms with E-state index in [1.807, 2.05) is 0 Å². The zero-order valence-corrected chi connectivity index (χ0v) is 10.9. The molecule has 0 saturated carbocycles. The van der Waals surface area contributed by atoms with Crippen molar-refractivity contribution in [1.82, 2.24) is 0 Å². The average Bonchev–Trinajstić information content (AvgIpc) is 2.43. The Morgan fingerprint density at radius 2 is 1.85 bits per heavy atom. The third-order valence-electron chi connectivity index (χ3n) is 2.83. The first-order valence-corrected chi connectivity index (χ1v) is 5.79. The molecule has 1 rings (SSSR count). The van der Waals surface area contributed by atoms with E-state index in [2.05, 4.69) is 0 Å². The van der Waals surface area contributed by atoms with Gasteiger partial charge in [0.25, 0.3) is 0 Å². The molecule has 7 heteroatoms. The predicted molar refractivity (Wildman–Crippen MR) is 69.4 cm³/mol. The van der Waals surface area contributed by atoms with Crippen molar-refractivity contribution in [2.75, 3.05) is 0 Å². The summed E-state index contributed by atoms with van der Waals surface area (Å²) >= 11 is 0. The SMILES string of the molecule is CC(=O)C(N)C(N)(C(=O)O)C(=O)OCc1ccccc1. The Labute approximate surface area is 115 Å². The zero-order chi connectivity index (χ0) is 15.3. The molecule has 0 aliphatic rings. The van der Waals surface area contributed by atoms with E-state index < -0.39 is 29.3 Å². The van der Waals surface area contributed by atoms with Gasteiger partial charge < -0.3 is 21.3 Å². The fraction of sp³-hybridized carbons (Fsp3) is 0.308. The highest BCUT2D eigenvalue weighted by Crippen LogP contribution is 2.12. The van der Waals surface area contributed by atoms with E-state index in [0.717, 1.165) is 6.92 Å². The molecule has 0 saturated heterocycles. The number of carbonyl (C=O) groups excluding carboxylic acids is 2. The molecule has 5 N–H and O–H groups in total. The number of nitrogens with two attached hydrogens (primary N) is 2. The van der Waals surface area contributed by atoms with Crippen LogP contribution in [0.2, 0.25) is 0 Å². The third kappa shape index (κ3) is 3.19. The molecule has 108 valence electrons. The molecule has 2 unspecified atom stereocenters. The number of hydrogen-bond acceptors (Lipinski definition) is 6. The molecule has 0 bridgehead atoms. The highest BCUT2D eigenvalue weighted by atomic mass is 16.5. The first-order valence-electron chi connectivity index (χ1n) is 5.79. The Bertz CT molecular complexity index is 517. The van der Waals surface area contributed by atoms with Gasteiger partial charge in [-0.25, -0.2) is 9.59 Å². The maximum Gasteiger partial charge on any atom is 0.340 e. The summed E-state index contributed by atoms with van der Waals surface area (Å²) in [5.74, 6) is -3.68. The van der Waals surface area contributed by atoms with Crippen LogP contribution in [0.3, 0.4) is 0 Å². The molecule has 0 aromatic heterocycles. The summed E-state index contributed by atoms with van der Waals surface area (Å²) in [7, 11) is 0. The minimum absolute atomic E-state index is 0.156. The van der Waals surface area contributed by atoms with E-state index >= 15 is 0 Å². The van der Waals surface area contributed by atoms with Gasteiger partial charge in [0.05, 0.1) is 0 Å². The lowest BCUT2D eigenvalue weighted by Gasteiger charge is -2.26. The summed E-state index contributed by atoms with van der Waals surface area (Å²) in [4.78, 5) is 34.2. The number of aliphatic carboxylic acids is 1. The Morgan fingerprint density at radius 1 is 1.30 bits per heavy atom. The lowest BCUT2D eigenvalue weighted by molar-refractivity contribution is -0.164. The first kappa shape index (κ1) is 15.8. The van der Waals surface area contributed by atoms with E-state index in [9.17, 15) is 14.4 Å². The molecule has 0 aliphatic heterocycles. The smallest absolute Gasteiger partial charge is 0.340 e. The van der Waals surface area contributed by atoms with Crippen LogP contribution in [-0.4, -0.2) is 34.4 Å². The number of ketones is 1. The van der Waals surface area contributed by atoms with E-state index in [1.165, 1.54) is 0 Å². The van der Waals surface area contributed by atoms with Gasteiger partial charge in [-0.2, -0.15) is 0 Å². The van der Waals surface area contributed by atoms with Crippen LogP contribution < -0.4 is 11.5 Å². The summed E-state index contributed by atoms with van der Waals surface area (Å²) < 4.78 is 4.85. The van der Waals surface area contributed by atoms with Gasteiger partial charge in [-0.15, -0.1) is 0 Å². The van der Waals surface area contributed by atoms with Gasteiger partial charge in [0.15, 0.2) is 0 Å². The van der Waals surface area contributed by atoms with E-state index in [-0.39, 0.29) is 6.61 Å². The molecular formula is C13H16N2O5. The second kappa shape index (κ2) is 6.27. The van der Waals surface area contributed by atoms with Crippen molar-refractivity contribution in [2.45, 2.75) is 25.1 Å². The molecule has 1 aromatic carbocycles. The minimum atomic E-state index is -2.60. The molecular weight excluding hydrogens is 264 g/mol. The van der Waals surface area contributed by atoms with E-state index in [1.54, 1.807) is 30.3 Å². The molecule has 0 aliphatic carbocycles. The normalized spacial score (nSPS) is 14.9. The topological polar surface area (TPSA) is 133 Å². The molecule has 0 fully saturated rings. The summed E-state index contributed by atoms with van der Waals surface area (Å²) in [5, 5.41) is 9.06. The number of ether oxygens (including phenoxy) is 1. The largest absolute Gasteiger partial charge is 0.479 e. The molecule has 0 spiro atoms. The van der Waals surface area contributed by atoms with Gasteiger partial charge in [-0.3, -0.25) is 4.79 Å². The monoisotopic (exact) mass is 280 g/mol. The number of benzene rings is 1. The van der Waals surface area contributed by atoms with Crippen molar-refractivity contribution in [3.05, 3.63) is 35.9 Å². The predicted octanol–water partition coefficient (Wildman–Crippen LogP) is -0.572. The highest BCUT2D eigenvalue weighted by molar-refractivity contribution is 6.09. The second-order valence-corrected chi connectivity index (χ2v) is 4.32. The van der Waals surface area contributed by atoms with Crippen LogP contribution >= 0.6 is 0 Å². The Kier molecular flexibility index (Phi) is 4.95. The standard InChI is InChI=1S/C13H16N2O5/c1-8(16)10(14)13(15,11(17)18)12(19)20-7-9-5-3-2-4-6-9/h2-6,10H,7,14-15H2,1H3,(H,17,18). The summed E-state index contributed by atoms with van der Waals surface area (Å²) in [6, 6.07) is 6.95. The van der Waals surface area contributed by atoms with Crippen molar-refractivity contribution in [3.8, 4) is 0 Å². The van der Waals surface area contributed by atoms with Crippen LogP contribution in [0.15, 0.2) is 30.3 Å². The molecule has 0 amide bonds. The van der Waals surface area contributed by atoms with Crippen LogP contribution in [0.4, 0.5) is 0 Å². The van der Waals surface area contributed by atoms with Crippen LogP contribution in [0, 0.1) is 0 Å². The number of esters is 1. The Hall–Kier alpha value is -2.25. The maximum atomic E-state index is 11.9. The van der Waals surface area contributed by atoms with Gasteiger partial charge in [0, 0.05) is 0 Å². The van der Waals surface area contributed by atoms with E-state index in [0.29, 0.717) is 5.56 Å². The molecule has 7 nitrogen and oxygen atoms in total. The van der Waals surface area contributed by atoms with Crippen LogP contribution in [0.1, 0.15) is 12.5 Å². The Balaban J connectivity index is 2.85.